The Hall–Kier alpha value is -1.22. The van der Waals surface area contributed by atoms with Crippen LogP contribution in [0.2, 0.25) is 0 Å². The van der Waals surface area contributed by atoms with Crippen LogP contribution >= 0.6 is 15.9 Å². The Morgan fingerprint density at radius 2 is 1.62 bits per heavy atom. The molecule has 0 aromatic heterocycles. The summed E-state index contributed by atoms with van der Waals surface area (Å²) in [5, 5.41) is 2.29. The first kappa shape index (κ1) is 19.1. The highest BCUT2D eigenvalue weighted by Gasteiger charge is 2.09. The summed E-state index contributed by atoms with van der Waals surface area (Å²) in [5.41, 5.74) is 1.24. The molecular weight excluding hydrogens is 364 g/mol. The molecular formula is C21H29BrO2. The lowest BCUT2D eigenvalue weighted by Gasteiger charge is -2.14. The Balaban J connectivity index is 2.05. The summed E-state index contributed by atoms with van der Waals surface area (Å²) in [6.07, 6.45) is 5.69. The normalized spacial score (nSPS) is 12.3. The molecule has 2 rings (SSSR count). The second kappa shape index (κ2) is 9.93. The Labute approximate surface area is 154 Å². The van der Waals surface area contributed by atoms with E-state index in [0.29, 0.717) is 4.83 Å². The molecule has 0 amide bonds. The number of benzene rings is 2. The van der Waals surface area contributed by atoms with E-state index < -0.39 is 0 Å². The van der Waals surface area contributed by atoms with E-state index in [0.717, 1.165) is 48.3 Å². The lowest BCUT2D eigenvalue weighted by molar-refractivity contribution is 0.305. The molecule has 2 aromatic carbocycles. The highest BCUT2D eigenvalue weighted by molar-refractivity contribution is 9.09. The molecule has 1 atom stereocenters. The standard InChI is InChI=1S/C21H29BrO2/c1-4-13-23-20-11-12-21(19-15-16(3)9-10-18(19)20)24-14-7-6-8-17(22)5-2/h9-12,15,17H,4-8,13-14H2,1-3H3. The van der Waals surface area contributed by atoms with Crippen molar-refractivity contribution in [2.45, 2.75) is 57.7 Å². The Morgan fingerprint density at radius 1 is 0.917 bits per heavy atom. The van der Waals surface area contributed by atoms with Crippen molar-refractivity contribution in [3.63, 3.8) is 0 Å². The Morgan fingerprint density at radius 3 is 2.33 bits per heavy atom. The van der Waals surface area contributed by atoms with Gasteiger partial charge in [0.05, 0.1) is 13.2 Å². The van der Waals surface area contributed by atoms with Gasteiger partial charge in [-0.25, -0.2) is 0 Å². The van der Waals surface area contributed by atoms with Gasteiger partial charge in [0, 0.05) is 15.6 Å². The van der Waals surface area contributed by atoms with Gasteiger partial charge in [-0.1, -0.05) is 47.5 Å². The number of aryl methyl sites for hydroxylation is 1. The molecule has 0 heterocycles. The van der Waals surface area contributed by atoms with Crippen molar-refractivity contribution < 1.29 is 9.47 Å². The molecule has 0 aliphatic rings. The van der Waals surface area contributed by atoms with Crippen molar-refractivity contribution in [3.05, 3.63) is 35.9 Å². The first-order valence-electron chi connectivity index (χ1n) is 9.08. The monoisotopic (exact) mass is 392 g/mol. The maximum absolute atomic E-state index is 6.08. The molecule has 132 valence electrons. The summed E-state index contributed by atoms with van der Waals surface area (Å²) < 4.78 is 12.0. The third kappa shape index (κ3) is 5.41. The number of hydrogen-bond donors (Lipinski definition) is 0. The highest BCUT2D eigenvalue weighted by Crippen LogP contribution is 2.34. The van der Waals surface area contributed by atoms with E-state index in [1.165, 1.54) is 24.8 Å². The van der Waals surface area contributed by atoms with Gasteiger partial charge in [0.15, 0.2) is 0 Å². The van der Waals surface area contributed by atoms with Crippen LogP contribution in [0.15, 0.2) is 30.3 Å². The van der Waals surface area contributed by atoms with Crippen molar-refractivity contribution in [2.24, 2.45) is 0 Å². The summed E-state index contributed by atoms with van der Waals surface area (Å²) >= 11 is 3.69. The van der Waals surface area contributed by atoms with E-state index in [1.807, 2.05) is 12.1 Å². The molecule has 24 heavy (non-hydrogen) atoms. The van der Waals surface area contributed by atoms with Gasteiger partial charge in [-0.05, 0) is 57.2 Å². The zero-order valence-electron chi connectivity index (χ0n) is 15.1. The van der Waals surface area contributed by atoms with E-state index in [-0.39, 0.29) is 0 Å². The maximum Gasteiger partial charge on any atom is 0.127 e. The van der Waals surface area contributed by atoms with Crippen LogP contribution in [0.1, 0.15) is 51.5 Å². The molecule has 2 nitrogen and oxygen atoms in total. The summed E-state index contributed by atoms with van der Waals surface area (Å²) in [6, 6.07) is 10.5. The molecule has 0 fully saturated rings. The molecule has 0 radical (unpaired) electrons. The van der Waals surface area contributed by atoms with Crippen LogP contribution in [0.5, 0.6) is 11.5 Å². The topological polar surface area (TPSA) is 18.5 Å². The average molecular weight is 393 g/mol. The average Bonchev–Trinajstić information content (AvgIpc) is 2.59. The van der Waals surface area contributed by atoms with E-state index >= 15 is 0 Å². The molecule has 0 N–H and O–H groups in total. The fourth-order valence-corrected chi connectivity index (χ4v) is 3.05. The minimum Gasteiger partial charge on any atom is -0.493 e. The molecule has 0 spiro atoms. The van der Waals surface area contributed by atoms with Crippen LogP contribution in [-0.2, 0) is 0 Å². The van der Waals surface area contributed by atoms with Gasteiger partial charge in [-0.3, -0.25) is 0 Å². The van der Waals surface area contributed by atoms with Crippen LogP contribution in [-0.4, -0.2) is 18.0 Å². The third-order valence-electron chi connectivity index (χ3n) is 4.17. The summed E-state index contributed by atoms with van der Waals surface area (Å²) in [7, 11) is 0. The number of hydrogen-bond acceptors (Lipinski definition) is 2. The fourth-order valence-electron chi connectivity index (χ4n) is 2.73. The van der Waals surface area contributed by atoms with Crippen LogP contribution < -0.4 is 9.47 Å². The van der Waals surface area contributed by atoms with Crippen LogP contribution in [0, 0.1) is 6.92 Å². The zero-order chi connectivity index (χ0) is 17.4. The number of alkyl halides is 1. The predicted octanol–water partition coefficient (Wildman–Crippen LogP) is 6.66. The Bertz CT molecular complexity index is 639. The first-order chi connectivity index (χ1) is 11.7. The van der Waals surface area contributed by atoms with Crippen molar-refractivity contribution in [3.8, 4) is 11.5 Å². The molecule has 0 bridgehead atoms. The number of unbranched alkanes of at least 4 members (excludes halogenated alkanes) is 1. The number of ether oxygens (including phenoxy) is 2. The molecule has 0 saturated heterocycles. The van der Waals surface area contributed by atoms with Crippen LogP contribution in [0.4, 0.5) is 0 Å². The van der Waals surface area contributed by atoms with Gasteiger partial charge in [0.1, 0.15) is 11.5 Å². The van der Waals surface area contributed by atoms with E-state index in [4.69, 9.17) is 9.47 Å². The molecule has 1 unspecified atom stereocenters. The summed E-state index contributed by atoms with van der Waals surface area (Å²) in [5.74, 6) is 1.91. The Kier molecular flexibility index (Phi) is 7.90. The van der Waals surface area contributed by atoms with Gasteiger partial charge in [0.2, 0.25) is 0 Å². The second-order valence-electron chi connectivity index (χ2n) is 6.31. The SMILES string of the molecule is CCCOc1ccc(OCCCCC(Br)CC)c2cc(C)ccc12. The maximum atomic E-state index is 6.08. The minimum atomic E-state index is 0.635. The van der Waals surface area contributed by atoms with Crippen molar-refractivity contribution >= 4 is 26.7 Å². The smallest absolute Gasteiger partial charge is 0.127 e. The third-order valence-corrected chi connectivity index (χ3v) is 5.27. The van der Waals surface area contributed by atoms with Gasteiger partial charge < -0.3 is 9.47 Å². The van der Waals surface area contributed by atoms with E-state index in [2.05, 4.69) is 54.9 Å². The van der Waals surface area contributed by atoms with Crippen molar-refractivity contribution in [1.82, 2.24) is 0 Å². The molecule has 3 heteroatoms. The van der Waals surface area contributed by atoms with Gasteiger partial charge in [-0.15, -0.1) is 0 Å². The van der Waals surface area contributed by atoms with E-state index in [9.17, 15) is 0 Å². The van der Waals surface area contributed by atoms with Crippen molar-refractivity contribution in [1.29, 1.82) is 0 Å². The molecule has 0 saturated carbocycles. The summed E-state index contributed by atoms with van der Waals surface area (Å²) in [6.45, 7) is 7.96. The summed E-state index contributed by atoms with van der Waals surface area (Å²) in [4.78, 5) is 0.635. The lowest BCUT2D eigenvalue weighted by Crippen LogP contribution is -2.02. The predicted molar refractivity (Wildman–Crippen MR) is 107 cm³/mol. The van der Waals surface area contributed by atoms with E-state index in [1.54, 1.807) is 0 Å². The van der Waals surface area contributed by atoms with Crippen LogP contribution in [0.25, 0.3) is 10.8 Å². The number of halogens is 1. The number of rotatable bonds is 10. The van der Waals surface area contributed by atoms with Gasteiger partial charge in [-0.2, -0.15) is 0 Å². The molecule has 0 aliphatic heterocycles. The fraction of sp³-hybridized carbons (Fsp3) is 0.524. The van der Waals surface area contributed by atoms with Gasteiger partial charge >= 0.3 is 0 Å². The lowest BCUT2D eigenvalue weighted by atomic mass is 10.1. The van der Waals surface area contributed by atoms with Crippen LogP contribution in [0.3, 0.4) is 0 Å². The largest absolute Gasteiger partial charge is 0.493 e. The van der Waals surface area contributed by atoms with Gasteiger partial charge in [0.25, 0.3) is 0 Å². The first-order valence-corrected chi connectivity index (χ1v) is 10.00. The van der Waals surface area contributed by atoms with Crippen molar-refractivity contribution in [2.75, 3.05) is 13.2 Å². The molecule has 2 aromatic rings. The second-order valence-corrected chi connectivity index (χ2v) is 7.60. The highest BCUT2D eigenvalue weighted by atomic mass is 79.9. The minimum absolute atomic E-state index is 0.635. The number of fused-ring (bicyclic) bond motifs is 1. The molecule has 0 aliphatic carbocycles. The quantitative estimate of drug-likeness (QED) is 0.332. The zero-order valence-corrected chi connectivity index (χ0v) is 16.7.